The minimum atomic E-state index is -0.479. The molecular formula is C18H26N2O2. The van der Waals surface area contributed by atoms with Gasteiger partial charge in [0, 0.05) is 37.8 Å². The Bertz CT molecular complexity index is 526. The number of hydrogen-bond acceptors (Lipinski definition) is 3. The molecule has 3 rings (SSSR count). The van der Waals surface area contributed by atoms with Gasteiger partial charge in [0.25, 0.3) is 5.91 Å². The van der Waals surface area contributed by atoms with Crippen molar-refractivity contribution in [3.05, 3.63) is 35.9 Å². The summed E-state index contributed by atoms with van der Waals surface area (Å²) in [5.74, 6) is 0.114. The summed E-state index contributed by atoms with van der Waals surface area (Å²) in [6.07, 6.45) is 0.650. The van der Waals surface area contributed by atoms with Crippen LogP contribution in [0.25, 0.3) is 0 Å². The maximum absolute atomic E-state index is 12.9. The number of hydrogen-bond donors (Lipinski definition) is 0. The highest BCUT2D eigenvalue weighted by Crippen LogP contribution is 2.37. The highest BCUT2D eigenvalue weighted by Gasteiger charge is 2.50. The number of methoxy groups -OCH3 is 1. The Morgan fingerprint density at radius 1 is 1.18 bits per heavy atom. The number of benzene rings is 1. The Balaban J connectivity index is 1.72. The first-order valence-electron chi connectivity index (χ1n) is 8.07. The van der Waals surface area contributed by atoms with Crippen LogP contribution in [-0.4, -0.2) is 53.5 Å². The molecule has 0 radical (unpaired) electrons. The Morgan fingerprint density at radius 2 is 1.77 bits per heavy atom. The van der Waals surface area contributed by atoms with E-state index < -0.39 is 6.10 Å². The highest BCUT2D eigenvalue weighted by molar-refractivity contribution is 5.84. The van der Waals surface area contributed by atoms with E-state index in [1.54, 1.807) is 7.11 Å². The maximum Gasteiger partial charge on any atom is 0.256 e. The van der Waals surface area contributed by atoms with E-state index in [2.05, 4.69) is 30.6 Å². The predicted molar refractivity (Wildman–Crippen MR) is 86.6 cm³/mol. The summed E-state index contributed by atoms with van der Waals surface area (Å²) in [5, 5.41) is 0. The van der Waals surface area contributed by atoms with Crippen molar-refractivity contribution in [3.63, 3.8) is 0 Å². The van der Waals surface area contributed by atoms with Crippen LogP contribution in [0, 0.1) is 0 Å². The van der Waals surface area contributed by atoms with Gasteiger partial charge < -0.3 is 9.64 Å². The smallest absolute Gasteiger partial charge is 0.256 e. The zero-order chi connectivity index (χ0) is 15.9. The number of carbonyl (C=O) groups is 1. The molecule has 0 spiro atoms. The normalized spacial score (nSPS) is 26.5. The van der Waals surface area contributed by atoms with Crippen molar-refractivity contribution in [1.29, 1.82) is 0 Å². The van der Waals surface area contributed by atoms with E-state index >= 15 is 0 Å². The standard InChI is InChI=1S/C18H26N2O2/c1-18(2,3)19-11-14-10-15(12-19)20(14)17(21)16(22-4)13-8-6-5-7-9-13/h5-9,14-16H,10-12H2,1-4H3. The number of amides is 1. The molecule has 0 aromatic heterocycles. The molecule has 0 aliphatic carbocycles. The monoisotopic (exact) mass is 302 g/mol. The van der Waals surface area contributed by atoms with Gasteiger partial charge in [-0.3, -0.25) is 9.69 Å². The number of rotatable bonds is 3. The fraction of sp³-hybridized carbons (Fsp3) is 0.611. The Labute approximate surface area is 133 Å². The Hall–Kier alpha value is -1.39. The molecule has 1 aromatic rings. The molecule has 3 atom stereocenters. The van der Waals surface area contributed by atoms with Gasteiger partial charge in [0.05, 0.1) is 0 Å². The fourth-order valence-corrected chi connectivity index (χ4v) is 3.66. The number of fused-ring (bicyclic) bond motifs is 2. The molecule has 3 unspecified atom stereocenters. The second-order valence-corrected chi connectivity index (χ2v) is 7.39. The lowest BCUT2D eigenvalue weighted by Gasteiger charge is -2.59. The van der Waals surface area contributed by atoms with E-state index in [1.807, 2.05) is 30.3 Å². The van der Waals surface area contributed by atoms with Crippen LogP contribution >= 0.6 is 0 Å². The molecule has 1 aromatic carbocycles. The zero-order valence-corrected chi connectivity index (χ0v) is 14.0. The number of ether oxygens (including phenoxy) is 1. The molecule has 1 amide bonds. The molecule has 2 bridgehead atoms. The van der Waals surface area contributed by atoms with Crippen LogP contribution in [-0.2, 0) is 9.53 Å². The molecule has 2 heterocycles. The molecule has 2 fully saturated rings. The Kier molecular flexibility index (Phi) is 4.00. The van der Waals surface area contributed by atoms with Crippen molar-refractivity contribution >= 4 is 5.91 Å². The first-order valence-corrected chi connectivity index (χ1v) is 8.07. The lowest BCUT2D eigenvalue weighted by molar-refractivity contribution is -0.168. The molecule has 120 valence electrons. The summed E-state index contributed by atoms with van der Waals surface area (Å²) in [6, 6.07) is 10.5. The second kappa shape index (κ2) is 5.67. The van der Waals surface area contributed by atoms with Crippen LogP contribution in [0.2, 0.25) is 0 Å². The molecule has 4 nitrogen and oxygen atoms in total. The van der Waals surface area contributed by atoms with Crippen molar-refractivity contribution in [3.8, 4) is 0 Å². The van der Waals surface area contributed by atoms with Gasteiger partial charge in [-0.2, -0.15) is 0 Å². The van der Waals surface area contributed by atoms with Gasteiger partial charge in [0.15, 0.2) is 6.10 Å². The van der Waals surface area contributed by atoms with Gasteiger partial charge in [0.1, 0.15) is 0 Å². The molecule has 2 aliphatic heterocycles. The molecule has 2 saturated heterocycles. The van der Waals surface area contributed by atoms with Gasteiger partial charge in [0.2, 0.25) is 0 Å². The van der Waals surface area contributed by atoms with Crippen LogP contribution in [0.5, 0.6) is 0 Å². The fourth-order valence-electron chi connectivity index (χ4n) is 3.66. The van der Waals surface area contributed by atoms with Crippen molar-refractivity contribution in [2.75, 3.05) is 20.2 Å². The molecule has 0 N–H and O–H groups in total. The molecule has 0 saturated carbocycles. The van der Waals surface area contributed by atoms with Gasteiger partial charge in [-0.15, -0.1) is 0 Å². The lowest BCUT2D eigenvalue weighted by Crippen LogP contribution is -2.72. The number of carbonyl (C=O) groups excluding carboxylic acids is 1. The minimum absolute atomic E-state index is 0.114. The van der Waals surface area contributed by atoms with Crippen LogP contribution in [0.1, 0.15) is 38.9 Å². The van der Waals surface area contributed by atoms with E-state index in [1.165, 1.54) is 0 Å². The third-order valence-electron chi connectivity index (χ3n) is 4.96. The summed E-state index contributed by atoms with van der Waals surface area (Å²) in [4.78, 5) is 17.5. The summed E-state index contributed by atoms with van der Waals surface area (Å²) in [7, 11) is 1.62. The van der Waals surface area contributed by atoms with Crippen LogP contribution < -0.4 is 0 Å². The molecular weight excluding hydrogens is 276 g/mol. The van der Waals surface area contributed by atoms with E-state index in [0.29, 0.717) is 12.1 Å². The maximum atomic E-state index is 12.9. The van der Waals surface area contributed by atoms with E-state index in [9.17, 15) is 4.79 Å². The topological polar surface area (TPSA) is 32.8 Å². The van der Waals surface area contributed by atoms with Gasteiger partial charge in [-0.25, -0.2) is 0 Å². The molecule has 4 heteroatoms. The lowest BCUT2D eigenvalue weighted by atomic mass is 9.84. The Morgan fingerprint density at radius 3 is 2.27 bits per heavy atom. The van der Waals surface area contributed by atoms with Crippen molar-refractivity contribution in [2.24, 2.45) is 0 Å². The van der Waals surface area contributed by atoms with Gasteiger partial charge in [-0.1, -0.05) is 30.3 Å². The minimum Gasteiger partial charge on any atom is -0.367 e. The van der Waals surface area contributed by atoms with Crippen LogP contribution in [0.15, 0.2) is 30.3 Å². The van der Waals surface area contributed by atoms with E-state index in [-0.39, 0.29) is 11.4 Å². The highest BCUT2D eigenvalue weighted by atomic mass is 16.5. The van der Waals surface area contributed by atoms with Crippen molar-refractivity contribution in [2.45, 2.75) is 50.9 Å². The second-order valence-electron chi connectivity index (χ2n) is 7.39. The van der Waals surface area contributed by atoms with Crippen LogP contribution in [0.3, 0.4) is 0 Å². The van der Waals surface area contributed by atoms with Gasteiger partial charge in [-0.05, 0) is 32.8 Å². The largest absolute Gasteiger partial charge is 0.367 e. The first kappa shape index (κ1) is 15.5. The average molecular weight is 302 g/mol. The van der Waals surface area contributed by atoms with E-state index in [0.717, 1.165) is 25.1 Å². The third-order valence-corrected chi connectivity index (χ3v) is 4.96. The number of piperazine rings is 1. The first-order chi connectivity index (χ1) is 10.4. The summed E-state index contributed by atoms with van der Waals surface area (Å²) in [6.45, 7) is 8.66. The molecule has 22 heavy (non-hydrogen) atoms. The molecule has 2 aliphatic rings. The summed E-state index contributed by atoms with van der Waals surface area (Å²) in [5.41, 5.74) is 1.11. The summed E-state index contributed by atoms with van der Waals surface area (Å²) < 4.78 is 5.51. The van der Waals surface area contributed by atoms with E-state index in [4.69, 9.17) is 4.74 Å². The number of piperidine rings is 1. The van der Waals surface area contributed by atoms with Crippen molar-refractivity contribution < 1.29 is 9.53 Å². The number of nitrogens with zero attached hydrogens (tertiary/aromatic N) is 2. The van der Waals surface area contributed by atoms with Crippen molar-refractivity contribution in [1.82, 2.24) is 9.80 Å². The average Bonchev–Trinajstić information content (AvgIpc) is 2.48. The SMILES string of the molecule is COC(C(=O)N1C2CC1CN(C(C)(C)C)C2)c1ccccc1. The zero-order valence-electron chi connectivity index (χ0n) is 14.0. The quantitative estimate of drug-likeness (QED) is 0.860. The predicted octanol–water partition coefficient (Wildman–Crippen LogP) is 2.46. The van der Waals surface area contributed by atoms with Crippen LogP contribution in [0.4, 0.5) is 0 Å². The third kappa shape index (κ3) is 2.66. The number of likely N-dealkylation sites (tertiary alicyclic amines) is 2. The summed E-state index contributed by atoms with van der Waals surface area (Å²) >= 11 is 0. The van der Waals surface area contributed by atoms with Gasteiger partial charge >= 0.3 is 0 Å².